The first-order chi connectivity index (χ1) is 13.9. The summed E-state index contributed by atoms with van der Waals surface area (Å²) in [4.78, 5) is 40.8. The number of carbonyl (C=O) groups is 3. The lowest BCUT2D eigenvalue weighted by Crippen LogP contribution is -2.39. The highest BCUT2D eigenvalue weighted by molar-refractivity contribution is 6.22. The van der Waals surface area contributed by atoms with Crippen LogP contribution < -0.4 is 10.2 Å². The lowest BCUT2D eigenvalue weighted by molar-refractivity contribution is -0.124. The Balaban J connectivity index is 1.81. The maximum absolute atomic E-state index is 13.3. The molecule has 0 aliphatic carbocycles. The van der Waals surface area contributed by atoms with Crippen LogP contribution in [-0.2, 0) is 14.3 Å². The predicted octanol–water partition coefficient (Wildman–Crippen LogP) is 2.95. The molecular formula is C21H22FN3O4. The molecule has 1 saturated heterocycles. The van der Waals surface area contributed by atoms with Gasteiger partial charge in [0, 0.05) is 19.3 Å². The summed E-state index contributed by atoms with van der Waals surface area (Å²) < 4.78 is 18.4. The Morgan fingerprint density at radius 3 is 2.62 bits per heavy atom. The van der Waals surface area contributed by atoms with E-state index in [0.717, 1.165) is 10.5 Å². The first kappa shape index (κ1) is 20.5. The highest BCUT2D eigenvalue weighted by Crippen LogP contribution is 2.27. The molecule has 0 radical (unpaired) electrons. The summed E-state index contributed by atoms with van der Waals surface area (Å²) in [6.45, 7) is 2.26. The van der Waals surface area contributed by atoms with Crippen molar-refractivity contribution in [3.63, 3.8) is 0 Å². The molecule has 0 bridgehead atoms. The summed E-state index contributed by atoms with van der Waals surface area (Å²) in [7, 11) is 1.49. The van der Waals surface area contributed by atoms with Crippen LogP contribution in [0.4, 0.5) is 20.6 Å². The number of urea groups is 1. The Labute approximate surface area is 168 Å². The molecule has 0 spiro atoms. The van der Waals surface area contributed by atoms with Crippen molar-refractivity contribution < 1.29 is 23.5 Å². The van der Waals surface area contributed by atoms with E-state index in [1.165, 1.54) is 30.2 Å². The average Bonchev–Trinajstić information content (AvgIpc) is 2.89. The standard InChI is InChI=1S/C21H22FN3O4/c1-14-5-3-8-17(11-14)25-20(27)18(24(21(25)28)9-10-29-2)13-19(26)23-16-7-4-6-15(22)12-16/h3-8,11-12,18H,9-10,13H2,1-2H3,(H,23,26). The van der Waals surface area contributed by atoms with E-state index in [1.807, 2.05) is 13.0 Å². The van der Waals surface area contributed by atoms with Crippen LogP contribution in [0.1, 0.15) is 12.0 Å². The van der Waals surface area contributed by atoms with Crippen LogP contribution in [-0.4, -0.2) is 49.0 Å². The number of hydrogen-bond donors (Lipinski definition) is 1. The van der Waals surface area contributed by atoms with E-state index in [2.05, 4.69) is 5.32 Å². The molecule has 7 nitrogen and oxygen atoms in total. The lowest BCUT2D eigenvalue weighted by Gasteiger charge is -2.21. The highest BCUT2D eigenvalue weighted by Gasteiger charge is 2.46. The van der Waals surface area contributed by atoms with Gasteiger partial charge in [-0.25, -0.2) is 14.1 Å². The zero-order valence-electron chi connectivity index (χ0n) is 16.2. The van der Waals surface area contributed by atoms with Gasteiger partial charge in [-0.3, -0.25) is 9.59 Å². The summed E-state index contributed by atoms with van der Waals surface area (Å²) in [5.74, 6) is -1.45. The minimum Gasteiger partial charge on any atom is -0.383 e. The van der Waals surface area contributed by atoms with Gasteiger partial charge in [-0.05, 0) is 42.8 Å². The summed E-state index contributed by atoms with van der Waals surface area (Å²) in [5, 5.41) is 2.57. The van der Waals surface area contributed by atoms with Gasteiger partial charge >= 0.3 is 6.03 Å². The second-order valence-electron chi connectivity index (χ2n) is 6.76. The Morgan fingerprint density at radius 2 is 1.93 bits per heavy atom. The molecule has 8 heteroatoms. The highest BCUT2D eigenvalue weighted by atomic mass is 19.1. The molecule has 1 atom stereocenters. The monoisotopic (exact) mass is 399 g/mol. The largest absolute Gasteiger partial charge is 0.383 e. The molecule has 152 valence electrons. The first-order valence-electron chi connectivity index (χ1n) is 9.16. The van der Waals surface area contributed by atoms with Gasteiger partial charge in [-0.15, -0.1) is 0 Å². The zero-order chi connectivity index (χ0) is 21.0. The van der Waals surface area contributed by atoms with E-state index in [9.17, 15) is 18.8 Å². The number of imide groups is 1. The van der Waals surface area contributed by atoms with Gasteiger partial charge in [0.25, 0.3) is 5.91 Å². The number of methoxy groups -OCH3 is 1. The number of hydrogen-bond acceptors (Lipinski definition) is 4. The third-order valence-corrected chi connectivity index (χ3v) is 4.60. The molecule has 1 unspecified atom stereocenters. The fourth-order valence-electron chi connectivity index (χ4n) is 3.24. The summed E-state index contributed by atoms with van der Waals surface area (Å²) in [6, 6.07) is 11.0. The van der Waals surface area contributed by atoms with Gasteiger partial charge in [0.1, 0.15) is 11.9 Å². The second kappa shape index (κ2) is 8.83. The van der Waals surface area contributed by atoms with Gasteiger partial charge < -0.3 is 15.0 Å². The number of halogens is 1. The molecular weight excluding hydrogens is 377 g/mol. The number of nitrogens with zero attached hydrogens (tertiary/aromatic N) is 2. The van der Waals surface area contributed by atoms with Crippen molar-refractivity contribution in [2.75, 3.05) is 30.5 Å². The molecule has 1 aliphatic heterocycles. The molecule has 2 aromatic rings. The van der Waals surface area contributed by atoms with Gasteiger partial charge in [0.05, 0.1) is 18.7 Å². The minimum atomic E-state index is -0.966. The summed E-state index contributed by atoms with van der Waals surface area (Å²) in [5.41, 5.74) is 1.64. The number of aryl methyl sites for hydroxylation is 1. The molecule has 3 rings (SSSR count). The number of carbonyl (C=O) groups excluding carboxylic acids is 3. The smallest absolute Gasteiger partial charge is 0.332 e. The van der Waals surface area contributed by atoms with E-state index in [-0.39, 0.29) is 25.3 Å². The van der Waals surface area contributed by atoms with Crippen molar-refractivity contribution in [3.8, 4) is 0 Å². The number of ether oxygens (including phenoxy) is 1. The van der Waals surface area contributed by atoms with Crippen LogP contribution in [0, 0.1) is 12.7 Å². The fraction of sp³-hybridized carbons (Fsp3) is 0.286. The third-order valence-electron chi connectivity index (χ3n) is 4.60. The minimum absolute atomic E-state index is 0.168. The van der Waals surface area contributed by atoms with E-state index >= 15 is 0 Å². The topological polar surface area (TPSA) is 79.0 Å². The van der Waals surface area contributed by atoms with E-state index in [4.69, 9.17) is 4.74 Å². The third kappa shape index (κ3) is 4.60. The summed E-state index contributed by atoms with van der Waals surface area (Å²) in [6.07, 6.45) is -0.243. The number of benzene rings is 2. The van der Waals surface area contributed by atoms with Crippen molar-refractivity contribution in [2.45, 2.75) is 19.4 Å². The molecule has 29 heavy (non-hydrogen) atoms. The van der Waals surface area contributed by atoms with Crippen LogP contribution in [0.2, 0.25) is 0 Å². The Bertz CT molecular complexity index is 934. The van der Waals surface area contributed by atoms with Crippen LogP contribution >= 0.6 is 0 Å². The second-order valence-corrected chi connectivity index (χ2v) is 6.76. The van der Waals surface area contributed by atoms with E-state index < -0.39 is 29.7 Å². The normalized spacial score (nSPS) is 16.4. The van der Waals surface area contributed by atoms with E-state index in [1.54, 1.807) is 24.3 Å². The van der Waals surface area contributed by atoms with Gasteiger partial charge in [0.15, 0.2) is 0 Å². The molecule has 1 heterocycles. The van der Waals surface area contributed by atoms with Crippen LogP contribution in [0.5, 0.6) is 0 Å². The predicted molar refractivity (Wildman–Crippen MR) is 106 cm³/mol. The zero-order valence-corrected chi connectivity index (χ0v) is 16.2. The molecule has 2 aromatic carbocycles. The van der Waals surface area contributed by atoms with Gasteiger partial charge in [-0.1, -0.05) is 18.2 Å². The van der Waals surface area contributed by atoms with Crippen molar-refractivity contribution in [2.24, 2.45) is 0 Å². The molecule has 1 N–H and O–H groups in total. The van der Waals surface area contributed by atoms with Gasteiger partial charge in [0.2, 0.25) is 5.91 Å². The molecule has 1 fully saturated rings. The Hall–Kier alpha value is -3.26. The lowest BCUT2D eigenvalue weighted by atomic mass is 10.1. The number of anilines is 2. The molecule has 4 amide bonds. The molecule has 0 aromatic heterocycles. The van der Waals surface area contributed by atoms with Crippen molar-refractivity contribution in [1.82, 2.24) is 4.90 Å². The number of amides is 4. The first-order valence-corrected chi connectivity index (χ1v) is 9.16. The quantitative estimate of drug-likeness (QED) is 0.726. The SMILES string of the molecule is COCCN1C(=O)N(c2cccc(C)c2)C(=O)C1CC(=O)Nc1cccc(F)c1. The molecule has 1 aliphatic rings. The Kier molecular flexibility index (Phi) is 6.23. The number of nitrogens with one attached hydrogen (secondary N) is 1. The Morgan fingerprint density at radius 1 is 1.17 bits per heavy atom. The molecule has 0 saturated carbocycles. The van der Waals surface area contributed by atoms with Crippen LogP contribution in [0.15, 0.2) is 48.5 Å². The maximum atomic E-state index is 13.3. The van der Waals surface area contributed by atoms with E-state index in [0.29, 0.717) is 5.69 Å². The number of rotatable bonds is 7. The fourth-order valence-corrected chi connectivity index (χ4v) is 3.24. The van der Waals surface area contributed by atoms with Crippen molar-refractivity contribution >= 4 is 29.2 Å². The van der Waals surface area contributed by atoms with Crippen LogP contribution in [0.25, 0.3) is 0 Å². The average molecular weight is 399 g/mol. The van der Waals surface area contributed by atoms with Crippen molar-refractivity contribution in [1.29, 1.82) is 0 Å². The maximum Gasteiger partial charge on any atom is 0.332 e. The van der Waals surface area contributed by atoms with Crippen LogP contribution in [0.3, 0.4) is 0 Å². The van der Waals surface area contributed by atoms with Gasteiger partial charge in [-0.2, -0.15) is 0 Å². The summed E-state index contributed by atoms with van der Waals surface area (Å²) >= 11 is 0. The van der Waals surface area contributed by atoms with Crippen molar-refractivity contribution in [3.05, 3.63) is 59.9 Å².